The summed E-state index contributed by atoms with van der Waals surface area (Å²) in [6, 6.07) is 5.56. The second kappa shape index (κ2) is 7.01. The minimum absolute atomic E-state index is 0.164. The standard InChI is InChI=1S/C17H26N2O3/c1-11-5-8-16(22-4)14(9-11)12(2)18-17(21)19(3)10-15(20)13-6-7-13/h5,8-9,12-13,15,20H,6-7,10H2,1-4H3,(H,18,21)/t12-,15-/m1/s1. The third-order valence-corrected chi connectivity index (χ3v) is 4.17. The van der Waals surface area contributed by atoms with E-state index in [2.05, 4.69) is 5.32 Å². The van der Waals surface area contributed by atoms with Crippen LogP contribution in [0.15, 0.2) is 18.2 Å². The van der Waals surface area contributed by atoms with E-state index in [1.165, 1.54) is 0 Å². The highest BCUT2D eigenvalue weighted by Crippen LogP contribution is 2.32. The Kier molecular flexibility index (Phi) is 5.29. The number of aliphatic hydroxyl groups excluding tert-OH is 1. The number of hydrogen-bond acceptors (Lipinski definition) is 3. The molecule has 0 heterocycles. The van der Waals surface area contributed by atoms with Gasteiger partial charge in [-0.1, -0.05) is 17.7 Å². The molecule has 0 bridgehead atoms. The van der Waals surface area contributed by atoms with Gasteiger partial charge in [0.15, 0.2) is 0 Å². The van der Waals surface area contributed by atoms with Gasteiger partial charge < -0.3 is 20.1 Å². The molecule has 22 heavy (non-hydrogen) atoms. The summed E-state index contributed by atoms with van der Waals surface area (Å²) in [6.45, 7) is 4.31. The van der Waals surface area contributed by atoms with Gasteiger partial charge in [0.2, 0.25) is 0 Å². The van der Waals surface area contributed by atoms with Gasteiger partial charge in [-0.25, -0.2) is 4.79 Å². The summed E-state index contributed by atoms with van der Waals surface area (Å²) in [7, 11) is 3.34. The zero-order valence-corrected chi connectivity index (χ0v) is 13.8. The van der Waals surface area contributed by atoms with Crippen molar-refractivity contribution in [2.24, 2.45) is 5.92 Å². The normalized spacial score (nSPS) is 16.8. The molecule has 1 aromatic rings. The first-order valence-corrected chi connectivity index (χ1v) is 7.76. The molecule has 0 aromatic heterocycles. The summed E-state index contributed by atoms with van der Waals surface area (Å²) in [5, 5.41) is 12.9. The van der Waals surface area contributed by atoms with Crippen molar-refractivity contribution in [3.8, 4) is 5.75 Å². The molecule has 122 valence electrons. The van der Waals surface area contributed by atoms with Crippen LogP contribution in [0.4, 0.5) is 4.79 Å². The summed E-state index contributed by atoms with van der Waals surface area (Å²) >= 11 is 0. The first kappa shape index (κ1) is 16.6. The molecule has 2 rings (SSSR count). The van der Waals surface area contributed by atoms with Gasteiger partial charge in [-0.2, -0.15) is 0 Å². The zero-order valence-electron chi connectivity index (χ0n) is 13.8. The van der Waals surface area contributed by atoms with Crippen molar-refractivity contribution in [1.29, 1.82) is 0 Å². The van der Waals surface area contributed by atoms with Crippen molar-refractivity contribution in [2.45, 2.75) is 38.8 Å². The highest BCUT2D eigenvalue weighted by Gasteiger charge is 2.31. The van der Waals surface area contributed by atoms with Crippen molar-refractivity contribution >= 4 is 6.03 Å². The Labute approximate surface area is 132 Å². The van der Waals surface area contributed by atoms with Crippen molar-refractivity contribution in [3.63, 3.8) is 0 Å². The minimum Gasteiger partial charge on any atom is -0.496 e. The lowest BCUT2D eigenvalue weighted by atomic mass is 10.0. The predicted molar refractivity (Wildman–Crippen MR) is 86.0 cm³/mol. The van der Waals surface area contributed by atoms with Gasteiger partial charge in [-0.15, -0.1) is 0 Å². The van der Waals surface area contributed by atoms with E-state index in [-0.39, 0.29) is 12.1 Å². The van der Waals surface area contributed by atoms with Crippen LogP contribution in [-0.2, 0) is 0 Å². The lowest BCUT2D eigenvalue weighted by Gasteiger charge is -2.24. The molecular formula is C17H26N2O3. The zero-order chi connectivity index (χ0) is 16.3. The van der Waals surface area contributed by atoms with E-state index in [0.29, 0.717) is 12.5 Å². The summed E-state index contributed by atoms with van der Waals surface area (Å²) in [5.74, 6) is 1.13. The molecular weight excluding hydrogens is 280 g/mol. The number of carbonyl (C=O) groups is 1. The number of benzene rings is 1. The number of nitrogens with one attached hydrogen (secondary N) is 1. The van der Waals surface area contributed by atoms with Crippen molar-refractivity contribution < 1.29 is 14.6 Å². The van der Waals surface area contributed by atoms with Gasteiger partial charge in [-0.3, -0.25) is 0 Å². The Bertz CT molecular complexity index is 529. The number of hydrogen-bond donors (Lipinski definition) is 2. The fourth-order valence-electron chi connectivity index (χ4n) is 2.56. The molecule has 5 heteroatoms. The van der Waals surface area contributed by atoms with Gasteiger partial charge in [0.1, 0.15) is 5.75 Å². The second-order valence-electron chi connectivity index (χ2n) is 6.20. The van der Waals surface area contributed by atoms with E-state index < -0.39 is 6.10 Å². The number of likely N-dealkylation sites (N-methyl/N-ethyl adjacent to an activating group) is 1. The highest BCUT2D eigenvalue weighted by molar-refractivity contribution is 5.74. The van der Waals surface area contributed by atoms with Crippen LogP contribution in [0.5, 0.6) is 5.75 Å². The number of rotatable bonds is 6. The molecule has 1 fully saturated rings. The smallest absolute Gasteiger partial charge is 0.317 e. The predicted octanol–water partition coefficient (Wildman–Crippen LogP) is 2.48. The van der Waals surface area contributed by atoms with Gasteiger partial charge in [0.25, 0.3) is 0 Å². The average molecular weight is 306 g/mol. The van der Waals surface area contributed by atoms with E-state index in [0.717, 1.165) is 29.7 Å². The monoisotopic (exact) mass is 306 g/mol. The molecule has 0 spiro atoms. The van der Waals surface area contributed by atoms with E-state index in [4.69, 9.17) is 4.74 Å². The van der Waals surface area contributed by atoms with Crippen LogP contribution in [0.25, 0.3) is 0 Å². The first-order valence-electron chi connectivity index (χ1n) is 7.76. The number of carbonyl (C=O) groups excluding carboxylic acids is 1. The van der Waals surface area contributed by atoms with Crippen LogP contribution in [0.2, 0.25) is 0 Å². The van der Waals surface area contributed by atoms with Gasteiger partial charge in [-0.05, 0) is 38.7 Å². The van der Waals surface area contributed by atoms with Crippen LogP contribution in [0, 0.1) is 12.8 Å². The average Bonchev–Trinajstić information content (AvgIpc) is 3.31. The molecule has 2 amide bonds. The molecule has 0 aliphatic heterocycles. The molecule has 5 nitrogen and oxygen atoms in total. The van der Waals surface area contributed by atoms with Crippen LogP contribution in [-0.4, -0.2) is 42.8 Å². The third-order valence-electron chi connectivity index (χ3n) is 4.17. The summed E-state index contributed by atoms with van der Waals surface area (Å²) < 4.78 is 5.36. The molecule has 2 atom stereocenters. The van der Waals surface area contributed by atoms with Crippen molar-refractivity contribution in [3.05, 3.63) is 29.3 Å². The van der Waals surface area contributed by atoms with Crippen LogP contribution >= 0.6 is 0 Å². The minimum atomic E-state index is -0.417. The molecule has 1 aromatic carbocycles. The number of aliphatic hydroxyl groups is 1. The number of urea groups is 1. The fourth-order valence-corrected chi connectivity index (χ4v) is 2.56. The summed E-state index contributed by atoms with van der Waals surface area (Å²) in [5.41, 5.74) is 2.07. The molecule has 0 unspecified atom stereocenters. The Morgan fingerprint density at radius 2 is 2.18 bits per heavy atom. The Morgan fingerprint density at radius 3 is 2.77 bits per heavy atom. The van der Waals surface area contributed by atoms with Gasteiger partial charge >= 0.3 is 6.03 Å². The van der Waals surface area contributed by atoms with E-state index in [1.807, 2.05) is 32.0 Å². The maximum absolute atomic E-state index is 12.3. The SMILES string of the molecule is COc1ccc(C)cc1[C@@H](C)NC(=O)N(C)C[C@@H](O)C1CC1. The molecule has 1 aliphatic carbocycles. The van der Waals surface area contributed by atoms with Crippen LogP contribution in [0.1, 0.15) is 36.9 Å². The summed E-state index contributed by atoms with van der Waals surface area (Å²) in [4.78, 5) is 13.8. The molecule has 2 N–H and O–H groups in total. The van der Waals surface area contributed by atoms with Crippen molar-refractivity contribution in [1.82, 2.24) is 10.2 Å². The Hall–Kier alpha value is -1.75. The van der Waals surface area contributed by atoms with Crippen molar-refractivity contribution in [2.75, 3.05) is 20.7 Å². The van der Waals surface area contributed by atoms with Gasteiger partial charge in [0, 0.05) is 19.2 Å². The number of nitrogens with zero attached hydrogens (tertiary/aromatic N) is 1. The molecule has 1 saturated carbocycles. The topological polar surface area (TPSA) is 61.8 Å². The number of ether oxygens (including phenoxy) is 1. The lowest BCUT2D eigenvalue weighted by Crippen LogP contribution is -2.42. The maximum Gasteiger partial charge on any atom is 0.317 e. The van der Waals surface area contributed by atoms with Gasteiger partial charge in [0.05, 0.1) is 19.3 Å². The number of aryl methyl sites for hydroxylation is 1. The Balaban J connectivity index is 1.96. The second-order valence-corrected chi connectivity index (χ2v) is 6.20. The van der Waals surface area contributed by atoms with Crippen LogP contribution in [0.3, 0.4) is 0 Å². The number of methoxy groups -OCH3 is 1. The lowest BCUT2D eigenvalue weighted by molar-refractivity contribution is 0.112. The first-order chi connectivity index (χ1) is 10.4. The Morgan fingerprint density at radius 1 is 1.50 bits per heavy atom. The number of amides is 2. The highest BCUT2D eigenvalue weighted by atomic mass is 16.5. The largest absolute Gasteiger partial charge is 0.496 e. The third kappa shape index (κ3) is 4.13. The van der Waals surface area contributed by atoms with E-state index in [9.17, 15) is 9.90 Å². The quantitative estimate of drug-likeness (QED) is 0.849. The van der Waals surface area contributed by atoms with E-state index in [1.54, 1.807) is 19.1 Å². The fraction of sp³-hybridized carbons (Fsp3) is 0.588. The summed E-state index contributed by atoms with van der Waals surface area (Å²) in [6.07, 6.45) is 1.71. The maximum atomic E-state index is 12.3. The molecule has 0 radical (unpaired) electrons. The van der Waals surface area contributed by atoms with Crippen LogP contribution < -0.4 is 10.1 Å². The molecule has 1 aliphatic rings. The van der Waals surface area contributed by atoms with E-state index >= 15 is 0 Å². The molecule has 0 saturated heterocycles.